The van der Waals surface area contributed by atoms with Gasteiger partial charge in [0.1, 0.15) is 0 Å². The molecule has 0 radical (unpaired) electrons. The Morgan fingerprint density at radius 1 is 1.12 bits per heavy atom. The molecule has 24 heavy (non-hydrogen) atoms. The molecule has 2 N–H and O–H groups in total. The predicted molar refractivity (Wildman–Crippen MR) is 90.1 cm³/mol. The van der Waals surface area contributed by atoms with E-state index >= 15 is 0 Å². The maximum Gasteiger partial charge on any atom is 0.287 e. The van der Waals surface area contributed by atoms with Crippen molar-refractivity contribution in [1.82, 2.24) is 10.6 Å². The fraction of sp³-hybridized carbons (Fsp3) is 0.250. The summed E-state index contributed by atoms with van der Waals surface area (Å²) in [4.78, 5) is 23.7. The van der Waals surface area contributed by atoms with Crippen LogP contribution in [0.4, 0.5) is 0 Å². The van der Waals surface area contributed by atoms with Crippen molar-refractivity contribution in [2.45, 2.75) is 6.54 Å². The fourth-order valence-electron chi connectivity index (χ4n) is 2.03. The molecule has 2 rings (SSSR count). The van der Waals surface area contributed by atoms with Crippen LogP contribution in [0.1, 0.15) is 16.1 Å². The van der Waals surface area contributed by atoms with Crippen molar-refractivity contribution in [2.75, 3.05) is 20.8 Å². The summed E-state index contributed by atoms with van der Waals surface area (Å²) < 4.78 is 16.1. The maximum absolute atomic E-state index is 11.9. The van der Waals surface area contributed by atoms with Gasteiger partial charge < -0.3 is 24.5 Å². The van der Waals surface area contributed by atoms with E-state index < -0.39 is 5.91 Å². The largest absolute Gasteiger partial charge is 0.493 e. The van der Waals surface area contributed by atoms with Crippen LogP contribution in [0.2, 0.25) is 0 Å². The van der Waals surface area contributed by atoms with Gasteiger partial charge in [-0.3, -0.25) is 9.59 Å². The first-order chi connectivity index (χ1) is 11.5. The molecule has 128 valence electrons. The Hall–Kier alpha value is -2.48. The second-order valence-corrected chi connectivity index (χ2v) is 5.50. The highest BCUT2D eigenvalue weighted by atomic mass is 79.9. The number of halogens is 1. The summed E-state index contributed by atoms with van der Waals surface area (Å²) in [6.07, 6.45) is 0. The first kappa shape index (κ1) is 17.9. The van der Waals surface area contributed by atoms with E-state index in [4.69, 9.17) is 13.9 Å². The third-order valence-electron chi connectivity index (χ3n) is 3.17. The molecule has 7 nitrogen and oxygen atoms in total. The molecule has 0 atom stereocenters. The van der Waals surface area contributed by atoms with Crippen LogP contribution in [0.5, 0.6) is 11.5 Å². The minimum atomic E-state index is -0.463. The average molecular weight is 397 g/mol. The lowest BCUT2D eigenvalue weighted by Crippen LogP contribution is -2.36. The molecule has 0 aliphatic heterocycles. The van der Waals surface area contributed by atoms with Gasteiger partial charge in [0.05, 0.1) is 20.8 Å². The molecule has 1 aromatic heterocycles. The van der Waals surface area contributed by atoms with Crippen molar-refractivity contribution in [1.29, 1.82) is 0 Å². The summed E-state index contributed by atoms with van der Waals surface area (Å²) in [5.41, 5.74) is 0.770. The van der Waals surface area contributed by atoms with Gasteiger partial charge in [-0.15, -0.1) is 0 Å². The number of furan rings is 1. The Bertz CT molecular complexity index is 729. The third kappa shape index (κ3) is 4.51. The third-order valence-corrected chi connectivity index (χ3v) is 3.59. The van der Waals surface area contributed by atoms with Crippen LogP contribution in [0.3, 0.4) is 0 Å². The van der Waals surface area contributed by atoms with E-state index in [1.165, 1.54) is 13.2 Å². The number of para-hydroxylation sites is 1. The summed E-state index contributed by atoms with van der Waals surface area (Å²) >= 11 is 3.11. The molecule has 2 aromatic rings. The second kappa shape index (κ2) is 8.39. The smallest absolute Gasteiger partial charge is 0.287 e. The Morgan fingerprint density at radius 3 is 2.54 bits per heavy atom. The quantitative estimate of drug-likeness (QED) is 0.747. The first-order valence-corrected chi connectivity index (χ1v) is 7.84. The van der Waals surface area contributed by atoms with Gasteiger partial charge in [0, 0.05) is 12.1 Å². The van der Waals surface area contributed by atoms with Crippen LogP contribution in [0.15, 0.2) is 39.4 Å². The Kier molecular flexibility index (Phi) is 6.25. The summed E-state index contributed by atoms with van der Waals surface area (Å²) in [6.45, 7) is 0.0881. The zero-order valence-electron chi connectivity index (χ0n) is 13.2. The zero-order chi connectivity index (χ0) is 17.5. The maximum atomic E-state index is 11.9. The van der Waals surface area contributed by atoms with Crippen LogP contribution in [-0.4, -0.2) is 32.6 Å². The minimum Gasteiger partial charge on any atom is -0.493 e. The normalized spacial score (nSPS) is 10.1. The number of amides is 2. The standard InChI is InChI=1S/C16H17BrN2O5/c1-22-11-5-3-4-10(15(11)23-2)8-18-14(20)9-19-16(21)12-6-7-13(17)24-12/h3-7H,8-9H2,1-2H3,(H,18,20)(H,19,21). The SMILES string of the molecule is COc1cccc(CNC(=O)CNC(=O)c2ccc(Br)o2)c1OC. The number of rotatable bonds is 7. The Labute approximate surface area is 147 Å². The van der Waals surface area contributed by atoms with Gasteiger partial charge in [-0.1, -0.05) is 12.1 Å². The molecule has 0 fully saturated rings. The van der Waals surface area contributed by atoms with Gasteiger partial charge in [-0.2, -0.15) is 0 Å². The molecule has 8 heteroatoms. The number of benzene rings is 1. The predicted octanol–water partition coefficient (Wildman–Crippen LogP) is 2.11. The average Bonchev–Trinajstić information content (AvgIpc) is 3.03. The van der Waals surface area contributed by atoms with Crippen LogP contribution < -0.4 is 20.1 Å². The zero-order valence-corrected chi connectivity index (χ0v) is 14.8. The van der Waals surface area contributed by atoms with Gasteiger partial charge in [0.25, 0.3) is 5.91 Å². The molecule has 0 aliphatic carbocycles. The van der Waals surface area contributed by atoms with Gasteiger partial charge in [0.15, 0.2) is 21.9 Å². The molecular weight excluding hydrogens is 380 g/mol. The topological polar surface area (TPSA) is 89.8 Å². The van der Waals surface area contributed by atoms with Crippen LogP contribution in [0.25, 0.3) is 0 Å². The minimum absolute atomic E-state index is 0.129. The van der Waals surface area contributed by atoms with Crippen molar-refractivity contribution < 1.29 is 23.5 Å². The van der Waals surface area contributed by atoms with E-state index in [0.29, 0.717) is 16.2 Å². The molecule has 2 amide bonds. The van der Waals surface area contributed by atoms with E-state index in [1.807, 2.05) is 6.07 Å². The van der Waals surface area contributed by atoms with Crippen LogP contribution in [0, 0.1) is 0 Å². The number of carbonyl (C=O) groups excluding carboxylic acids is 2. The molecule has 0 saturated carbocycles. The van der Waals surface area contributed by atoms with E-state index in [2.05, 4.69) is 26.6 Å². The number of hydrogen-bond donors (Lipinski definition) is 2. The first-order valence-electron chi connectivity index (χ1n) is 7.05. The van der Waals surface area contributed by atoms with Gasteiger partial charge in [-0.25, -0.2) is 0 Å². The summed E-state index contributed by atoms with van der Waals surface area (Å²) in [6, 6.07) is 8.51. The second-order valence-electron chi connectivity index (χ2n) is 4.72. The molecule has 1 aromatic carbocycles. The van der Waals surface area contributed by atoms with E-state index in [9.17, 15) is 9.59 Å². The molecule has 0 unspecified atom stereocenters. The lowest BCUT2D eigenvalue weighted by atomic mass is 10.2. The van der Waals surface area contributed by atoms with Crippen molar-refractivity contribution in [3.8, 4) is 11.5 Å². The molecular formula is C16H17BrN2O5. The number of carbonyl (C=O) groups is 2. The van der Waals surface area contributed by atoms with Crippen LogP contribution >= 0.6 is 15.9 Å². The number of ether oxygens (including phenoxy) is 2. The number of hydrogen-bond acceptors (Lipinski definition) is 5. The molecule has 0 spiro atoms. The molecule has 0 saturated heterocycles. The Balaban J connectivity index is 1.86. The Morgan fingerprint density at radius 2 is 1.92 bits per heavy atom. The van der Waals surface area contributed by atoms with E-state index in [1.54, 1.807) is 25.3 Å². The lowest BCUT2D eigenvalue weighted by Gasteiger charge is -2.13. The highest BCUT2D eigenvalue weighted by Crippen LogP contribution is 2.30. The van der Waals surface area contributed by atoms with Gasteiger partial charge >= 0.3 is 0 Å². The van der Waals surface area contributed by atoms with Crippen molar-refractivity contribution in [3.05, 3.63) is 46.3 Å². The fourth-order valence-corrected chi connectivity index (χ4v) is 2.34. The summed E-state index contributed by atoms with van der Waals surface area (Å²) in [5.74, 6) is 0.475. The van der Waals surface area contributed by atoms with Crippen molar-refractivity contribution in [3.63, 3.8) is 0 Å². The molecule has 1 heterocycles. The van der Waals surface area contributed by atoms with E-state index in [0.717, 1.165) is 5.56 Å². The van der Waals surface area contributed by atoms with Gasteiger partial charge in [-0.05, 0) is 34.1 Å². The number of nitrogens with one attached hydrogen (secondary N) is 2. The number of methoxy groups -OCH3 is 2. The highest BCUT2D eigenvalue weighted by molar-refractivity contribution is 9.10. The highest BCUT2D eigenvalue weighted by Gasteiger charge is 2.13. The van der Waals surface area contributed by atoms with Crippen LogP contribution in [-0.2, 0) is 11.3 Å². The van der Waals surface area contributed by atoms with Crippen molar-refractivity contribution in [2.24, 2.45) is 0 Å². The summed E-state index contributed by atoms with van der Waals surface area (Å²) in [5, 5.41) is 5.19. The van der Waals surface area contributed by atoms with Crippen molar-refractivity contribution >= 4 is 27.7 Å². The molecule has 0 aliphatic rings. The summed E-state index contributed by atoms with van der Waals surface area (Å²) in [7, 11) is 3.08. The molecule has 0 bridgehead atoms. The van der Waals surface area contributed by atoms with E-state index in [-0.39, 0.29) is 24.8 Å². The monoisotopic (exact) mass is 396 g/mol. The lowest BCUT2D eigenvalue weighted by molar-refractivity contribution is -0.120. The van der Waals surface area contributed by atoms with Gasteiger partial charge in [0.2, 0.25) is 5.91 Å².